The number of rotatable bonds is 2. The standard InChI is InChI=1S/C34H29BN2.C4H10.6C2H6.4CH3.3Y/c1-22-8-14-26(15-9-22)36-30-18-12-24(3)20-28(30)35-29-21-25(4)13-19-31(29)37(27-16-10-23(2)11-17-27)33-7-5-6-32(36)34(33)35;1-4(2)3;6*1-2;;;;;;;/h5-21H,1-4H3;4H,1-3H3;6*1-2H3;4*1H3;;;/q;;;;;;;;4*-1;;;. The first-order valence-corrected chi connectivity index (χ1v) is 20.8. The molecule has 5 aromatic rings. The van der Waals surface area contributed by atoms with Crippen molar-refractivity contribution in [1.29, 1.82) is 0 Å². The maximum absolute atomic E-state index is 2.46. The van der Waals surface area contributed by atoms with Crippen LogP contribution >= 0.6 is 0 Å². The molecule has 6 heteroatoms. The molecule has 0 bridgehead atoms. The molecule has 2 aliphatic rings. The first-order valence-electron chi connectivity index (χ1n) is 20.8. The summed E-state index contributed by atoms with van der Waals surface area (Å²) in [6.07, 6.45) is 0. The van der Waals surface area contributed by atoms with E-state index in [1.54, 1.807) is 0 Å². The molecular weight excluding hydrogens is 954 g/mol. The number of hydrogen-bond donors (Lipinski definition) is 0. The summed E-state index contributed by atoms with van der Waals surface area (Å²) in [5.41, 5.74) is 16.7. The molecule has 0 saturated carbocycles. The van der Waals surface area contributed by atoms with Crippen molar-refractivity contribution in [3.63, 3.8) is 0 Å². The zero-order valence-electron chi connectivity index (χ0n) is 43.1. The maximum Gasteiger partial charge on any atom is 0.252 e. The molecule has 0 aliphatic carbocycles. The molecule has 2 heterocycles. The van der Waals surface area contributed by atoms with E-state index in [4.69, 9.17) is 0 Å². The van der Waals surface area contributed by atoms with Gasteiger partial charge in [0.05, 0.1) is 0 Å². The minimum Gasteiger partial charge on any atom is -0.358 e. The Kier molecular flexibility index (Phi) is 53.5. The molecule has 0 fully saturated rings. The smallest absolute Gasteiger partial charge is 0.252 e. The van der Waals surface area contributed by atoms with Gasteiger partial charge in [-0.15, -0.1) is 0 Å². The van der Waals surface area contributed by atoms with Gasteiger partial charge < -0.3 is 39.5 Å². The first kappa shape index (κ1) is 76.4. The number of aryl methyl sites for hydroxylation is 4. The van der Waals surface area contributed by atoms with Crippen molar-refractivity contribution in [2.24, 2.45) is 5.92 Å². The summed E-state index contributed by atoms with van der Waals surface area (Å²) in [5, 5.41) is 0. The second-order valence-corrected chi connectivity index (χ2v) is 12.3. The van der Waals surface area contributed by atoms with Crippen LogP contribution in [0.4, 0.5) is 34.1 Å². The number of anilines is 6. The monoisotopic (exact) mass is 1040 g/mol. The fraction of sp³-hybridized carbons (Fsp3) is 0.370. The van der Waals surface area contributed by atoms with Gasteiger partial charge in [0.15, 0.2) is 0 Å². The molecule has 2 aliphatic heterocycles. The van der Waals surface area contributed by atoms with Crippen molar-refractivity contribution >= 4 is 57.2 Å². The summed E-state index contributed by atoms with van der Waals surface area (Å²) in [4.78, 5) is 4.91. The second kappa shape index (κ2) is 42.1. The van der Waals surface area contributed by atoms with Crippen LogP contribution in [-0.4, -0.2) is 6.71 Å². The van der Waals surface area contributed by atoms with Gasteiger partial charge >= 0.3 is 0 Å². The van der Waals surface area contributed by atoms with Crippen LogP contribution in [0, 0.1) is 63.3 Å². The SMILES string of the molecule is CC.CC.CC.CC.CC.CC.CC(C)C.Cc1ccc(N2c3ccc(C)cc3B3c4cc(C)ccc4N(c4ccc(C)cc4)c4cccc2c43)cc1.[CH3-].[CH3-].[CH3-].[CH3-].[Y].[Y].[Y]. The van der Waals surface area contributed by atoms with Crippen LogP contribution in [0.2, 0.25) is 0 Å². The molecular formula is C54H87BN2Y3-4. The zero-order chi connectivity index (χ0) is 40.8. The normalized spacial score (nSPS) is 9.37. The van der Waals surface area contributed by atoms with Crippen LogP contribution in [0.3, 0.4) is 0 Å². The molecule has 3 radical (unpaired) electrons. The van der Waals surface area contributed by atoms with Gasteiger partial charge in [0.1, 0.15) is 0 Å². The third-order valence-corrected chi connectivity index (χ3v) is 7.88. The number of nitrogens with zero attached hydrogens (tertiary/aromatic N) is 2. The van der Waals surface area contributed by atoms with E-state index in [0.717, 1.165) is 5.92 Å². The molecule has 0 atom stereocenters. The van der Waals surface area contributed by atoms with E-state index in [-0.39, 0.29) is 135 Å². The Balaban J connectivity index is -0.000000176. The van der Waals surface area contributed by atoms with Gasteiger partial charge in [-0.25, -0.2) is 0 Å². The Labute approximate surface area is 452 Å². The summed E-state index contributed by atoms with van der Waals surface area (Å²) < 4.78 is 0. The Morgan fingerprint density at radius 2 is 0.617 bits per heavy atom. The molecule has 7 rings (SSSR count). The van der Waals surface area contributed by atoms with Gasteiger partial charge in [0, 0.05) is 132 Å². The van der Waals surface area contributed by atoms with E-state index in [1.165, 1.54) is 72.8 Å². The molecule has 2 nitrogen and oxygen atoms in total. The fourth-order valence-corrected chi connectivity index (χ4v) is 6.13. The molecule has 0 unspecified atom stereocenters. The molecule has 0 N–H and O–H groups in total. The van der Waals surface area contributed by atoms with Crippen LogP contribution < -0.4 is 26.2 Å². The minimum atomic E-state index is 0. The minimum absolute atomic E-state index is 0. The van der Waals surface area contributed by atoms with E-state index in [1.807, 2.05) is 83.1 Å². The molecule has 60 heavy (non-hydrogen) atoms. The van der Waals surface area contributed by atoms with Gasteiger partial charge in [-0.3, -0.25) is 0 Å². The van der Waals surface area contributed by atoms with Gasteiger partial charge in [0.2, 0.25) is 0 Å². The number of hydrogen-bond acceptors (Lipinski definition) is 2. The Morgan fingerprint density at radius 1 is 0.367 bits per heavy atom. The molecule has 0 aromatic heterocycles. The van der Waals surface area contributed by atoms with E-state index in [9.17, 15) is 0 Å². The first-order chi connectivity index (χ1) is 25.7. The Morgan fingerprint density at radius 3 is 0.883 bits per heavy atom. The van der Waals surface area contributed by atoms with Crippen LogP contribution in [0.25, 0.3) is 0 Å². The van der Waals surface area contributed by atoms with Crippen molar-refractivity contribution < 1.29 is 98.1 Å². The van der Waals surface area contributed by atoms with Crippen LogP contribution in [0.15, 0.2) is 103 Å². The maximum atomic E-state index is 2.46. The van der Waals surface area contributed by atoms with Gasteiger partial charge in [-0.05, 0) is 98.5 Å². The summed E-state index contributed by atoms with van der Waals surface area (Å²) in [7, 11) is 0. The van der Waals surface area contributed by atoms with Crippen molar-refractivity contribution in [3.8, 4) is 0 Å². The predicted molar refractivity (Wildman–Crippen MR) is 274 cm³/mol. The molecule has 5 aromatic carbocycles. The summed E-state index contributed by atoms with van der Waals surface area (Å²) in [6.45, 7) is 39.4. The molecule has 0 spiro atoms. The Bertz CT molecular complexity index is 1610. The van der Waals surface area contributed by atoms with Crippen molar-refractivity contribution in [2.75, 3.05) is 9.80 Å². The van der Waals surface area contributed by atoms with Gasteiger partial charge in [0.25, 0.3) is 6.71 Å². The van der Waals surface area contributed by atoms with Crippen LogP contribution in [-0.2, 0) is 98.1 Å². The largest absolute Gasteiger partial charge is 0.358 e. The van der Waals surface area contributed by atoms with Crippen molar-refractivity contribution in [2.45, 2.75) is 132 Å². The van der Waals surface area contributed by atoms with E-state index in [0.29, 0.717) is 0 Å². The van der Waals surface area contributed by atoms with E-state index in [2.05, 4.69) is 161 Å². The number of fused-ring (bicyclic) bond motifs is 4. The quantitative estimate of drug-likeness (QED) is 0.126. The van der Waals surface area contributed by atoms with E-state index < -0.39 is 0 Å². The van der Waals surface area contributed by atoms with Crippen molar-refractivity contribution in [3.05, 3.63) is 155 Å². The zero-order valence-corrected chi connectivity index (χ0v) is 51.6. The third-order valence-electron chi connectivity index (χ3n) is 7.88. The van der Waals surface area contributed by atoms with Gasteiger partial charge in [-0.2, -0.15) is 0 Å². The van der Waals surface area contributed by atoms with Crippen molar-refractivity contribution in [1.82, 2.24) is 0 Å². The third kappa shape index (κ3) is 19.9. The van der Waals surface area contributed by atoms with Crippen LogP contribution in [0.1, 0.15) is 126 Å². The predicted octanol–water partition coefficient (Wildman–Crippen LogP) is 16.6. The van der Waals surface area contributed by atoms with E-state index >= 15 is 0 Å². The Hall–Kier alpha value is -0.923. The summed E-state index contributed by atoms with van der Waals surface area (Å²) in [5.74, 6) is 0.833. The van der Waals surface area contributed by atoms with Crippen LogP contribution in [0.5, 0.6) is 0 Å². The molecule has 0 amide bonds. The second-order valence-electron chi connectivity index (χ2n) is 12.3. The average Bonchev–Trinajstić information content (AvgIpc) is 3.20. The fourth-order valence-electron chi connectivity index (χ4n) is 6.13. The summed E-state index contributed by atoms with van der Waals surface area (Å²) >= 11 is 0. The summed E-state index contributed by atoms with van der Waals surface area (Å²) in [6, 6.07) is 38.5. The topological polar surface area (TPSA) is 6.48 Å². The van der Waals surface area contributed by atoms with Gasteiger partial charge in [-0.1, -0.05) is 181 Å². The average molecular weight is 1040 g/mol. The number of benzene rings is 5. The molecule has 0 saturated heterocycles. The molecule has 329 valence electrons.